The number of piperazine rings is 1. The molecule has 0 radical (unpaired) electrons. The molecule has 1 saturated heterocycles. The fraction of sp³-hybridized carbons (Fsp3) is 0.948. The minimum atomic E-state index is 0.0575. The van der Waals surface area contributed by atoms with Crippen LogP contribution in [0.4, 0.5) is 0 Å². The van der Waals surface area contributed by atoms with E-state index in [1.54, 1.807) is 0 Å². The Morgan fingerprint density at radius 1 is 0.448 bits per heavy atom. The second-order valence-electron chi connectivity index (χ2n) is 20.9. The third-order valence-electron chi connectivity index (χ3n) is 14.5. The van der Waals surface area contributed by atoms with Crippen LogP contribution in [0.25, 0.3) is 0 Å². The first-order chi connectivity index (χ1) is 32.8. The maximum atomic E-state index is 13.1. The number of hydrogen-bond acceptors (Lipinski definition) is 8. The largest absolute Gasteiger partial charge is 0.465 e. The van der Waals surface area contributed by atoms with Crippen molar-refractivity contribution in [3.8, 4) is 0 Å². The van der Waals surface area contributed by atoms with Crippen LogP contribution in [-0.4, -0.2) is 112 Å². The monoisotopic (exact) mass is 947 g/mol. The Bertz CT molecular complexity index is 1040. The number of carbonyl (C=O) groups is 3. The molecule has 1 rings (SSSR count). The minimum Gasteiger partial charge on any atom is -0.465 e. The predicted octanol–water partition coefficient (Wildman–Crippen LogP) is 14.5. The molecule has 9 heteroatoms. The molecule has 0 aromatic carbocycles. The molecule has 0 bridgehead atoms. The van der Waals surface area contributed by atoms with Crippen LogP contribution in [0.5, 0.6) is 0 Å². The van der Waals surface area contributed by atoms with Crippen molar-refractivity contribution in [2.24, 2.45) is 11.8 Å². The molecule has 1 amide bonds. The number of unbranched alkanes of at least 4 members (excludes halogenated alkanes) is 26. The first-order valence-electron chi connectivity index (χ1n) is 29.6. The molecule has 1 aliphatic rings. The van der Waals surface area contributed by atoms with E-state index in [1.165, 1.54) is 141 Å². The third-order valence-corrected chi connectivity index (χ3v) is 14.5. The van der Waals surface area contributed by atoms with Crippen molar-refractivity contribution in [1.29, 1.82) is 0 Å². The van der Waals surface area contributed by atoms with Gasteiger partial charge < -0.3 is 24.6 Å². The van der Waals surface area contributed by atoms with Crippen LogP contribution in [0.3, 0.4) is 0 Å². The summed E-state index contributed by atoms with van der Waals surface area (Å²) < 4.78 is 11.7. The number of esters is 2. The molecule has 2 unspecified atom stereocenters. The Labute approximate surface area is 416 Å². The van der Waals surface area contributed by atoms with E-state index in [4.69, 9.17) is 9.47 Å². The van der Waals surface area contributed by atoms with Crippen LogP contribution in [-0.2, 0) is 23.9 Å². The summed E-state index contributed by atoms with van der Waals surface area (Å²) in [7, 11) is 2.18. The first kappa shape index (κ1) is 63.3. The number of ether oxygens (including phenoxy) is 2. The van der Waals surface area contributed by atoms with Crippen LogP contribution in [0.15, 0.2) is 0 Å². The number of amides is 1. The highest BCUT2D eigenvalue weighted by Crippen LogP contribution is 2.23. The zero-order chi connectivity index (χ0) is 48.7. The van der Waals surface area contributed by atoms with Gasteiger partial charge in [0.2, 0.25) is 5.91 Å². The maximum Gasteiger partial charge on any atom is 0.308 e. The smallest absolute Gasteiger partial charge is 0.308 e. The highest BCUT2D eigenvalue weighted by molar-refractivity contribution is 5.76. The topological polar surface area (TPSA) is 91.4 Å². The molecule has 0 aromatic heterocycles. The number of nitrogens with zero attached hydrogens (tertiary/aromatic N) is 3. The normalized spacial score (nSPS) is 14.4. The average molecular weight is 948 g/mol. The van der Waals surface area contributed by atoms with Crippen molar-refractivity contribution in [3.63, 3.8) is 0 Å². The lowest BCUT2D eigenvalue weighted by Crippen LogP contribution is -2.47. The quantitative estimate of drug-likeness (QED) is 0.0476. The lowest BCUT2D eigenvalue weighted by molar-refractivity contribution is -0.150. The van der Waals surface area contributed by atoms with Crippen molar-refractivity contribution in [2.75, 3.05) is 79.2 Å². The van der Waals surface area contributed by atoms with Gasteiger partial charge in [0.1, 0.15) is 0 Å². The molecular formula is C58H114N4O5. The summed E-state index contributed by atoms with van der Waals surface area (Å²) in [5.41, 5.74) is 0. The third kappa shape index (κ3) is 39.7. The second-order valence-corrected chi connectivity index (χ2v) is 20.9. The minimum absolute atomic E-state index is 0.0575. The van der Waals surface area contributed by atoms with Gasteiger partial charge in [0, 0.05) is 52.2 Å². The van der Waals surface area contributed by atoms with Crippen LogP contribution in [0, 0.1) is 11.8 Å². The zero-order valence-corrected chi connectivity index (χ0v) is 45.5. The first-order valence-corrected chi connectivity index (χ1v) is 29.6. The van der Waals surface area contributed by atoms with Crippen LogP contribution < -0.4 is 5.32 Å². The van der Waals surface area contributed by atoms with Gasteiger partial charge in [-0.3, -0.25) is 19.3 Å². The van der Waals surface area contributed by atoms with Crippen LogP contribution in [0.2, 0.25) is 0 Å². The molecule has 1 N–H and O–H groups in total. The van der Waals surface area contributed by atoms with Gasteiger partial charge in [0.05, 0.1) is 25.0 Å². The van der Waals surface area contributed by atoms with Gasteiger partial charge in [0.15, 0.2) is 0 Å². The number of hydrogen-bond donors (Lipinski definition) is 1. The van der Waals surface area contributed by atoms with E-state index in [-0.39, 0.29) is 29.7 Å². The van der Waals surface area contributed by atoms with Gasteiger partial charge in [-0.25, -0.2) is 0 Å². The van der Waals surface area contributed by atoms with Crippen molar-refractivity contribution in [3.05, 3.63) is 0 Å². The Kier molecular flexibility index (Phi) is 45.3. The van der Waals surface area contributed by atoms with E-state index >= 15 is 0 Å². The zero-order valence-electron chi connectivity index (χ0n) is 45.5. The molecular weight excluding hydrogens is 833 g/mol. The molecule has 1 heterocycles. The lowest BCUT2D eigenvalue weighted by atomic mass is 9.94. The van der Waals surface area contributed by atoms with Crippen molar-refractivity contribution in [2.45, 2.75) is 265 Å². The molecule has 9 nitrogen and oxygen atoms in total. The van der Waals surface area contributed by atoms with E-state index in [0.717, 1.165) is 149 Å². The standard InChI is InChI=1S/C58H114N4O5/c1-6-10-14-18-24-32-40-54(38-30-16-12-8-3)57(64)66-52-36-28-22-20-26-34-44-61(46-42-56(63)59-43-47-62-50-48-60(5)49-51-62)45-35-27-21-23-29-37-53-67-58(65)55(39-31-17-13-9-4)41-33-25-19-15-11-7-2/h54-55H,6-53H2,1-5H3,(H,59,63). The number of likely N-dealkylation sites (N-methyl/N-ethyl adjacent to an activating group) is 1. The van der Waals surface area contributed by atoms with Gasteiger partial charge in [-0.1, -0.05) is 207 Å². The molecule has 1 aliphatic heterocycles. The molecule has 2 atom stereocenters. The summed E-state index contributed by atoms with van der Waals surface area (Å²) in [4.78, 5) is 46.4. The Balaban J connectivity index is 2.41. The fourth-order valence-electron chi connectivity index (χ4n) is 9.72. The summed E-state index contributed by atoms with van der Waals surface area (Å²) in [5, 5.41) is 3.20. The fourth-order valence-corrected chi connectivity index (χ4v) is 9.72. The summed E-state index contributed by atoms with van der Waals surface area (Å²) in [6.45, 7) is 19.1. The summed E-state index contributed by atoms with van der Waals surface area (Å²) >= 11 is 0. The van der Waals surface area contributed by atoms with Crippen molar-refractivity contribution in [1.82, 2.24) is 20.0 Å². The van der Waals surface area contributed by atoms with Gasteiger partial charge >= 0.3 is 11.9 Å². The Hall–Kier alpha value is -1.71. The molecule has 0 spiro atoms. The average Bonchev–Trinajstić information content (AvgIpc) is 3.33. The van der Waals surface area contributed by atoms with E-state index in [9.17, 15) is 14.4 Å². The molecule has 396 valence electrons. The number of nitrogens with one attached hydrogen (secondary N) is 1. The van der Waals surface area contributed by atoms with Gasteiger partial charge in [-0.2, -0.15) is 0 Å². The molecule has 0 aliphatic carbocycles. The van der Waals surface area contributed by atoms with E-state index < -0.39 is 0 Å². The highest BCUT2D eigenvalue weighted by atomic mass is 16.5. The molecule has 0 aromatic rings. The Morgan fingerprint density at radius 3 is 1.19 bits per heavy atom. The summed E-state index contributed by atoms with van der Waals surface area (Å²) in [6.07, 6.45) is 43.1. The second kappa shape index (κ2) is 47.9. The lowest BCUT2D eigenvalue weighted by Gasteiger charge is -2.32. The van der Waals surface area contributed by atoms with Crippen LogP contribution >= 0.6 is 0 Å². The van der Waals surface area contributed by atoms with E-state index in [0.29, 0.717) is 19.6 Å². The number of carbonyl (C=O) groups excluding carboxylic acids is 3. The predicted molar refractivity (Wildman–Crippen MR) is 286 cm³/mol. The van der Waals surface area contributed by atoms with Crippen molar-refractivity contribution < 1.29 is 23.9 Å². The van der Waals surface area contributed by atoms with E-state index in [2.05, 4.69) is 54.8 Å². The van der Waals surface area contributed by atoms with Crippen molar-refractivity contribution >= 4 is 17.8 Å². The van der Waals surface area contributed by atoms with Crippen LogP contribution in [0.1, 0.15) is 265 Å². The SMILES string of the molecule is CCCCCCCCC(CCCCCC)C(=O)OCCCCCCCCN(CCCCCCCCOC(=O)C(CCCCCC)CCCCCCCC)CCC(=O)NCCN1CCN(C)CC1. The molecule has 67 heavy (non-hydrogen) atoms. The van der Waals surface area contributed by atoms with Gasteiger partial charge in [0.25, 0.3) is 0 Å². The Morgan fingerprint density at radius 2 is 0.791 bits per heavy atom. The maximum absolute atomic E-state index is 13.1. The summed E-state index contributed by atoms with van der Waals surface area (Å²) in [6, 6.07) is 0. The van der Waals surface area contributed by atoms with Gasteiger partial charge in [-0.05, 0) is 71.5 Å². The highest BCUT2D eigenvalue weighted by Gasteiger charge is 2.21. The van der Waals surface area contributed by atoms with Gasteiger partial charge in [-0.15, -0.1) is 0 Å². The molecule has 1 fully saturated rings. The van der Waals surface area contributed by atoms with E-state index in [1.807, 2.05) is 0 Å². The summed E-state index contributed by atoms with van der Waals surface area (Å²) in [5.74, 6) is 0.467. The molecule has 0 saturated carbocycles. The number of rotatable bonds is 50.